The van der Waals surface area contributed by atoms with Gasteiger partial charge < -0.3 is 11.5 Å². The van der Waals surface area contributed by atoms with Crippen LogP contribution in [0.1, 0.15) is 16.1 Å². The van der Waals surface area contributed by atoms with E-state index in [0.717, 1.165) is 5.56 Å². The van der Waals surface area contributed by atoms with Crippen LogP contribution in [0.25, 0.3) is 0 Å². The molecule has 0 saturated heterocycles. The molecule has 12 heavy (non-hydrogen) atoms. The predicted molar refractivity (Wildman–Crippen MR) is 47.9 cm³/mol. The molecule has 4 N–H and O–H groups in total. The van der Waals surface area contributed by atoms with Gasteiger partial charge in [0.15, 0.2) is 0 Å². The summed E-state index contributed by atoms with van der Waals surface area (Å²) in [5, 5.41) is 0. The van der Waals surface area contributed by atoms with E-state index in [2.05, 4.69) is 4.98 Å². The maximum absolute atomic E-state index is 10.6. The highest BCUT2D eigenvalue weighted by molar-refractivity contribution is 5.90. The molecule has 0 saturated carbocycles. The second-order valence-electron chi connectivity index (χ2n) is 2.12. The molecule has 0 radical (unpaired) electrons. The number of primary amides is 1. The Balaban J connectivity index is 0.00000121. The summed E-state index contributed by atoms with van der Waals surface area (Å²) in [7, 11) is 0. The van der Waals surface area contributed by atoms with Crippen LogP contribution in [-0.2, 0) is 6.54 Å². The standard InChI is InChI=1S/C7H9N3O.ClH/c8-4-5-1-2-10-6(3-5)7(9)11;/h1-3H,4,8H2,(H2,9,11);1H. The molecule has 1 aromatic rings. The summed E-state index contributed by atoms with van der Waals surface area (Å²) in [5.41, 5.74) is 11.4. The number of carbonyl (C=O) groups is 1. The van der Waals surface area contributed by atoms with Crippen molar-refractivity contribution < 1.29 is 4.79 Å². The smallest absolute Gasteiger partial charge is 0.267 e. The maximum atomic E-state index is 10.6. The number of halogens is 1. The minimum Gasteiger partial charge on any atom is -0.364 e. The van der Waals surface area contributed by atoms with E-state index in [4.69, 9.17) is 11.5 Å². The van der Waals surface area contributed by atoms with E-state index < -0.39 is 5.91 Å². The Hall–Kier alpha value is -1.13. The van der Waals surface area contributed by atoms with Crippen molar-refractivity contribution in [2.45, 2.75) is 6.54 Å². The first-order chi connectivity index (χ1) is 5.24. The van der Waals surface area contributed by atoms with Crippen LogP contribution in [0.2, 0.25) is 0 Å². The third kappa shape index (κ3) is 2.48. The van der Waals surface area contributed by atoms with Crippen molar-refractivity contribution in [3.05, 3.63) is 29.6 Å². The van der Waals surface area contributed by atoms with Crippen molar-refractivity contribution in [3.8, 4) is 0 Å². The number of carbonyl (C=O) groups excluding carboxylic acids is 1. The summed E-state index contributed by atoms with van der Waals surface area (Å²) in [4.78, 5) is 14.3. The normalized spacial score (nSPS) is 8.75. The molecule has 0 bridgehead atoms. The van der Waals surface area contributed by atoms with Gasteiger partial charge in [-0.25, -0.2) is 0 Å². The molecule has 1 heterocycles. The summed E-state index contributed by atoms with van der Waals surface area (Å²) >= 11 is 0. The average Bonchev–Trinajstić information content (AvgIpc) is 2.05. The van der Waals surface area contributed by atoms with E-state index in [9.17, 15) is 4.79 Å². The van der Waals surface area contributed by atoms with Crippen molar-refractivity contribution in [1.82, 2.24) is 4.98 Å². The Kier molecular flexibility index (Phi) is 4.25. The first kappa shape index (κ1) is 10.9. The highest BCUT2D eigenvalue weighted by Crippen LogP contribution is 1.99. The fourth-order valence-electron chi connectivity index (χ4n) is 0.736. The summed E-state index contributed by atoms with van der Waals surface area (Å²) < 4.78 is 0. The predicted octanol–water partition coefficient (Wildman–Crippen LogP) is 0.0610. The fraction of sp³-hybridized carbons (Fsp3) is 0.143. The number of rotatable bonds is 2. The summed E-state index contributed by atoms with van der Waals surface area (Å²) in [6.07, 6.45) is 1.52. The lowest BCUT2D eigenvalue weighted by atomic mass is 10.2. The molecule has 0 aliphatic rings. The summed E-state index contributed by atoms with van der Waals surface area (Å²) in [6, 6.07) is 3.33. The van der Waals surface area contributed by atoms with Gasteiger partial charge in [-0.3, -0.25) is 9.78 Å². The van der Waals surface area contributed by atoms with Crippen LogP contribution < -0.4 is 11.5 Å². The Morgan fingerprint density at radius 3 is 2.75 bits per heavy atom. The van der Waals surface area contributed by atoms with Gasteiger partial charge in [-0.1, -0.05) is 0 Å². The van der Waals surface area contributed by atoms with Crippen molar-refractivity contribution in [2.24, 2.45) is 11.5 Å². The maximum Gasteiger partial charge on any atom is 0.267 e. The Morgan fingerprint density at radius 2 is 2.25 bits per heavy atom. The van der Waals surface area contributed by atoms with Crippen molar-refractivity contribution in [3.63, 3.8) is 0 Å². The molecule has 1 rings (SSSR count). The molecular weight excluding hydrogens is 178 g/mol. The molecule has 0 aliphatic carbocycles. The molecule has 1 aromatic heterocycles. The SMILES string of the molecule is Cl.NCc1ccnc(C(N)=O)c1. The zero-order valence-corrected chi connectivity index (χ0v) is 7.17. The molecule has 4 nitrogen and oxygen atoms in total. The van der Waals surface area contributed by atoms with Gasteiger partial charge in [0.25, 0.3) is 5.91 Å². The first-order valence-corrected chi connectivity index (χ1v) is 3.19. The van der Waals surface area contributed by atoms with E-state index in [0.29, 0.717) is 6.54 Å². The number of aromatic nitrogens is 1. The molecule has 0 unspecified atom stereocenters. The molecule has 66 valence electrons. The quantitative estimate of drug-likeness (QED) is 0.687. The molecular formula is C7H10ClN3O. The topological polar surface area (TPSA) is 82.0 Å². The molecule has 0 spiro atoms. The number of nitrogens with two attached hydrogens (primary N) is 2. The monoisotopic (exact) mass is 187 g/mol. The van der Waals surface area contributed by atoms with Crippen molar-refractivity contribution >= 4 is 18.3 Å². The van der Waals surface area contributed by atoms with Gasteiger partial charge in [0, 0.05) is 12.7 Å². The Morgan fingerprint density at radius 1 is 1.58 bits per heavy atom. The fourth-order valence-corrected chi connectivity index (χ4v) is 0.736. The van der Waals surface area contributed by atoms with Crippen LogP contribution in [0.5, 0.6) is 0 Å². The summed E-state index contributed by atoms with van der Waals surface area (Å²) in [5.74, 6) is -0.528. The van der Waals surface area contributed by atoms with Crippen LogP contribution in [0, 0.1) is 0 Å². The highest BCUT2D eigenvalue weighted by atomic mass is 35.5. The lowest BCUT2D eigenvalue weighted by Crippen LogP contribution is -2.13. The van der Waals surface area contributed by atoms with Crippen molar-refractivity contribution in [1.29, 1.82) is 0 Å². The number of pyridine rings is 1. The lowest BCUT2D eigenvalue weighted by Gasteiger charge is -1.96. The van der Waals surface area contributed by atoms with Gasteiger partial charge >= 0.3 is 0 Å². The second kappa shape index (κ2) is 4.69. The van der Waals surface area contributed by atoms with Crippen LogP contribution in [0.15, 0.2) is 18.3 Å². The zero-order chi connectivity index (χ0) is 8.27. The second-order valence-corrected chi connectivity index (χ2v) is 2.12. The minimum absolute atomic E-state index is 0. The Labute approximate surface area is 76.4 Å². The van der Waals surface area contributed by atoms with Crippen LogP contribution in [0.3, 0.4) is 0 Å². The molecule has 0 aromatic carbocycles. The zero-order valence-electron chi connectivity index (χ0n) is 6.36. The lowest BCUT2D eigenvalue weighted by molar-refractivity contribution is 0.0995. The number of hydrogen-bond donors (Lipinski definition) is 2. The van der Waals surface area contributed by atoms with Crippen LogP contribution >= 0.6 is 12.4 Å². The van der Waals surface area contributed by atoms with E-state index in [-0.39, 0.29) is 18.1 Å². The van der Waals surface area contributed by atoms with Crippen LogP contribution in [0.4, 0.5) is 0 Å². The third-order valence-electron chi connectivity index (χ3n) is 1.31. The average molecular weight is 188 g/mol. The number of hydrogen-bond acceptors (Lipinski definition) is 3. The third-order valence-corrected chi connectivity index (χ3v) is 1.31. The van der Waals surface area contributed by atoms with Gasteiger partial charge in [0.2, 0.25) is 0 Å². The van der Waals surface area contributed by atoms with Gasteiger partial charge in [-0.05, 0) is 17.7 Å². The first-order valence-electron chi connectivity index (χ1n) is 3.19. The van der Waals surface area contributed by atoms with E-state index >= 15 is 0 Å². The Bertz CT molecular complexity index is 277. The van der Waals surface area contributed by atoms with Gasteiger partial charge in [0.1, 0.15) is 5.69 Å². The van der Waals surface area contributed by atoms with E-state index in [1.807, 2.05) is 0 Å². The number of amides is 1. The minimum atomic E-state index is -0.528. The summed E-state index contributed by atoms with van der Waals surface area (Å²) in [6.45, 7) is 0.392. The largest absolute Gasteiger partial charge is 0.364 e. The van der Waals surface area contributed by atoms with Crippen LogP contribution in [-0.4, -0.2) is 10.9 Å². The van der Waals surface area contributed by atoms with Gasteiger partial charge in [-0.15, -0.1) is 12.4 Å². The highest BCUT2D eigenvalue weighted by Gasteiger charge is 2.00. The molecule has 0 atom stereocenters. The van der Waals surface area contributed by atoms with E-state index in [1.54, 1.807) is 12.1 Å². The number of nitrogens with zero attached hydrogens (tertiary/aromatic N) is 1. The van der Waals surface area contributed by atoms with Gasteiger partial charge in [0.05, 0.1) is 0 Å². The van der Waals surface area contributed by atoms with Crippen molar-refractivity contribution in [2.75, 3.05) is 0 Å². The van der Waals surface area contributed by atoms with E-state index in [1.165, 1.54) is 6.20 Å². The molecule has 0 fully saturated rings. The molecule has 5 heteroatoms. The molecule has 0 aliphatic heterocycles. The molecule has 1 amide bonds. The van der Waals surface area contributed by atoms with Gasteiger partial charge in [-0.2, -0.15) is 0 Å².